The number of ether oxygens (including phenoxy) is 1. The van der Waals surface area contributed by atoms with E-state index in [-0.39, 0.29) is 29.3 Å². The van der Waals surface area contributed by atoms with Crippen LogP contribution < -0.4 is 11.1 Å². The molecule has 1 aliphatic heterocycles. The van der Waals surface area contributed by atoms with E-state index in [0.29, 0.717) is 33.7 Å². The van der Waals surface area contributed by atoms with Crippen LogP contribution in [0.5, 0.6) is 0 Å². The van der Waals surface area contributed by atoms with Gasteiger partial charge >= 0.3 is 0 Å². The van der Waals surface area contributed by atoms with Gasteiger partial charge in [-0.05, 0) is 44.1 Å². The molecule has 1 saturated carbocycles. The van der Waals surface area contributed by atoms with Crippen LogP contribution in [0.2, 0.25) is 10.2 Å². The number of rotatable bonds is 7. The molecule has 2 aliphatic rings. The molecule has 9 heteroatoms. The molecule has 2 atom stereocenters. The van der Waals surface area contributed by atoms with Crippen molar-refractivity contribution in [2.75, 3.05) is 25.1 Å². The average molecular weight is 464 g/mol. The second-order valence-electron chi connectivity index (χ2n) is 8.40. The average Bonchev–Trinajstić information content (AvgIpc) is 3.22. The fourth-order valence-corrected chi connectivity index (χ4v) is 4.61. The topological polar surface area (TPSA) is 103 Å². The fourth-order valence-electron chi connectivity index (χ4n) is 4.22. The summed E-state index contributed by atoms with van der Waals surface area (Å²) in [7, 11) is 0. The lowest BCUT2D eigenvalue weighted by Crippen LogP contribution is -2.23. The van der Waals surface area contributed by atoms with Gasteiger partial charge in [-0.2, -0.15) is 0 Å². The summed E-state index contributed by atoms with van der Waals surface area (Å²) in [6, 6.07) is 1.90. The molecule has 3 N–H and O–H groups in total. The number of halogens is 2. The summed E-state index contributed by atoms with van der Waals surface area (Å²) in [6.07, 6.45) is 7.95. The first-order chi connectivity index (χ1) is 15.0. The van der Waals surface area contributed by atoms with Crippen molar-refractivity contribution in [1.82, 2.24) is 15.0 Å². The molecule has 7 nitrogen and oxygen atoms in total. The number of ketones is 1. The first kappa shape index (κ1) is 22.4. The van der Waals surface area contributed by atoms with Crippen LogP contribution in [0.1, 0.15) is 37.8 Å². The lowest BCUT2D eigenvalue weighted by Gasteiger charge is -2.22. The van der Waals surface area contributed by atoms with E-state index in [1.807, 2.05) is 0 Å². The number of aromatic nitrogens is 3. The molecule has 0 radical (unpaired) electrons. The molecule has 0 bridgehead atoms. The number of hydrogen-bond donors (Lipinski definition) is 2. The number of pyridine rings is 1. The van der Waals surface area contributed by atoms with Crippen LogP contribution in [0, 0.1) is 11.8 Å². The predicted molar refractivity (Wildman–Crippen MR) is 121 cm³/mol. The van der Waals surface area contributed by atoms with E-state index >= 15 is 0 Å². The van der Waals surface area contributed by atoms with Crippen molar-refractivity contribution in [2.24, 2.45) is 17.6 Å². The number of carbonyl (C=O) groups is 1. The van der Waals surface area contributed by atoms with Crippen molar-refractivity contribution < 1.29 is 9.53 Å². The highest BCUT2D eigenvalue weighted by Crippen LogP contribution is 2.32. The van der Waals surface area contributed by atoms with E-state index in [2.05, 4.69) is 20.3 Å². The van der Waals surface area contributed by atoms with Crippen LogP contribution >= 0.6 is 23.2 Å². The summed E-state index contributed by atoms with van der Waals surface area (Å²) < 4.78 is 5.41. The molecule has 3 heterocycles. The molecule has 0 spiro atoms. The second-order valence-corrected chi connectivity index (χ2v) is 9.17. The third-order valence-electron chi connectivity index (χ3n) is 6.09. The monoisotopic (exact) mass is 463 g/mol. The van der Waals surface area contributed by atoms with Gasteiger partial charge in [0.15, 0.2) is 5.15 Å². The molecule has 2 aromatic heterocycles. The van der Waals surface area contributed by atoms with Crippen molar-refractivity contribution in [3.8, 4) is 11.3 Å². The molecule has 0 amide bonds. The van der Waals surface area contributed by atoms with Crippen LogP contribution in [0.25, 0.3) is 11.3 Å². The molecule has 2 aromatic rings. The van der Waals surface area contributed by atoms with Gasteiger partial charge in [0.25, 0.3) is 0 Å². The van der Waals surface area contributed by atoms with E-state index in [4.69, 9.17) is 33.7 Å². The Bertz CT molecular complexity index is 936. The standard InChI is InChI=1S/C22H27Cl2N5O2/c23-18-11-26-16(9-19(30)14-1-2-15(25)7-14)8-17(18)21-22(24)28-12-20(29-21)27-10-13-3-5-31-6-4-13/h8,11-15H,1-7,9-10,25H2,(H,27,29)/t14-,15+/m1/s1. The van der Waals surface area contributed by atoms with Gasteiger partial charge in [-0.3, -0.25) is 9.78 Å². The zero-order valence-electron chi connectivity index (χ0n) is 17.3. The summed E-state index contributed by atoms with van der Waals surface area (Å²) in [5.74, 6) is 1.35. The summed E-state index contributed by atoms with van der Waals surface area (Å²) in [5, 5.41) is 4.01. The van der Waals surface area contributed by atoms with Gasteiger partial charge in [-0.25, -0.2) is 9.97 Å². The Hall–Kier alpha value is -1.80. The molecular weight excluding hydrogens is 437 g/mol. The summed E-state index contributed by atoms with van der Waals surface area (Å²) >= 11 is 12.8. The smallest absolute Gasteiger partial charge is 0.155 e. The minimum atomic E-state index is 0.0111. The summed E-state index contributed by atoms with van der Waals surface area (Å²) in [5.41, 5.74) is 7.69. The van der Waals surface area contributed by atoms with Gasteiger partial charge in [-0.1, -0.05) is 23.2 Å². The Labute approximate surface area is 192 Å². The van der Waals surface area contributed by atoms with Crippen LogP contribution in [-0.4, -0.2) is 46.5 Å². The van der Waals surface area contributed by atoms with E-state index in [0.717, 1.165) is 51.9 Å². The maximum Gasteiger partial charge on any atom is 0.155 e. The van der Waals surface area contributed by atoms with Crippen molar-refractivity contribution >= 4 is 34.8 Å². The minimum Gasteiger partial charge on any atom is -0.381 e. The Morgan fingerprint density at radius 1 is 1.16 bits per heavy atom. The summed E-state index contributed by atoms with van der Waals surface area (Å²) in [6.45, 7) is 2.39. The molecule has 31 heavy (non-hydrogen) atoms. The molecule has 2 fully saturated rings. The van der Waals surface area contributed by atoms with Gasteiger partial charge in [0, 0.05) is 55.6 Å². The normalized spacial score (nSPS) is 21.9. The zero-order chi connectivity index (χ0) is 21.8. The molecule has 1 saturated heterocycles. The maximum atomic E-state index is 12.6. The Kier molecular flexibility index (Phi) is 7.38. The zero-order valence-corrected chi connectivity index (χ0v) is 18.8. The second kappa shape index (κ2) is 10.2. The number of Topliss-reactive ketones (excluding diaryl/α,β-unsaturated/α-hetero) is 1. The van der Waals surface area contributed by atoms with Gasteiger partial charge < -0.3 is 15.8 Å². The van der Waals surface area contributed by atoms with Gasteiger partial charge in [0.1, 0.15) is 17.3 Å². The van der Waals surface area contributed by atoms with Crippen molar-refractivity contribution in [2.45, 2.75) is 44.6 Å². The van der Waals surface area contributed by atoms with Crippen molar-refractivity contribution in [3.63, 3.8) is 0 Å². The fraction of sp³-hybridized carbons (Fsp3) is 0.545. The van der Waals surface area contributed by atoms with Gasteiger partial charge in [-0.15, -0.1) is 0 Å². The maximum absolute atomic E-state index is 12.6. The van der Waals surface area contributed by atoms with E-state index < -0.39 is 0 Å². The highest BCUT2D eigenvalue weighted by Gasteiger charge is 2.28. The van der Waals surface area contributed by atoms with E-state index in [1.54, 1.807) is 18.5 Å². The molecule has 166 valence electrons. The predicted octanol–water partition coefficient (Wildman–Crippen LogP) is 3.92. The number of anilines is 1. The first-order valence-electron chi connectivity index (χ1n) is 10.8. The Morgan fingerprint density at radius 2 is 1.97 bits per heavy atom. The number of nitrogens with zero attached hydrogens (tertiary/aromatic N) is 3. The van der Waals surface area contributed by atoms with Crippen molar-refractivity contribution in [3.05, 3.63) is 34.3 Å². The lowest BCUT2D eigenvalue weighted by molar-refractivity contribution is -0.122. The summed E-state index contributed by atoms with van der Waals surface area (Å²) in [4.78, 5) is 25.9. The van der Waals surface area contributed by atoms with Gasteiger partial charge in [0.05, 0.1) is 11.2 Å². The molecule has 4 rings (SSSR count). The lowest BCUT2D eigenvalue weighted by atomic mass is 9.97. The minimum absolute atomic E-state index is 0.0111. The van der Waals surface area contributed by atoms with E-state index in [9.17, 15) is 4.79 Å². The van der Waals surface area contributed by atoms with E-state index in [1.165, 1.54) is 0 Å². The SMILES string of the molecule is N[C@H]1CC[C@@H](C(=O)Cc2cc(-c3nc(NCC4CCOCC4)cnc3Cl)c(Cl)cn2)C1. The van der Waals surface area contributed by atoms with Gasteiger partial charge in [0.2, 0.25) is 0 Å². The van der Waals surface area contributed by atoms with Crippen LogP contribution in [0.15, 0.2) is 18.5 Å². The number of nitrogens with two attached hydrogens (primary N) is 1. The highest BCUT2D eigenvalue weighted by atomic mass is 35.5. The molecule has 0 unspecified atom stereocenters. The van der Waals surface area contributed by atoms with Crippen LogP contribution in [-0.2, 0) is 16.0 Å². The Morgan fingerprint density at radius 3 is 2.71 bits per heavy atom. The third-order valence-corrected chi connectivity index (χ3v) is 6.67. The first-order valence-corrected chi connectivity index (χ1v) is 11.5. The molecule has 0 aromatic carbocycles. The number of hydrogen-bond acceptors (Lipinski definition) is 7. The third kappa shape index (κ3) is 5.71. The highest BCUT2D eigenvalue weighted by molar-refractivity contribution is 6.35. The molecule has 1 aliphatic carbocycles. The Balaban J connectivity index is 1.49. The van der Waals surface area contributed by atoms with Crippen molar-refractivity contribution in [1.29, 1.82) is 0 Å². The quantitative estimate of drug-likeness (QED) is 0.640. The largest absolute Gasteiger partial charge is 0.381 e. The number of carbonyl (C=O) groups excluding carboxylic acids is 1. The van der Waals surface area contributed by atoms with Crippen LogP contribution in [0.3, 0.4) is 0 Å². The van der Waals surface area contributed by atoms with Crippen LogP contribution in [0.4, 0.5) is 5.82 Å². The molecular formula is C22H27Cl2N5O2. The number of nitrogens with one attached hydrogen (secondary N) is 1.